The van der Waals surface area contributed by atoms with Crippen molar-refractivity contribution >= 4 is 153 Å². The highest BCUT2D eigenvalue weighted by atomic mass is 79.9. The average molecular weight is 1070 g/mol. The number of aliphatic imine (C=N–C) groups is 2. The minimum absolute atomic E-state index is 0. The van der Waals surface area contributed by atoms with Gasteiger partial charge in [-0.15, -0.1) is 45.3 Å². The SMILES string of the molecule is CCCCC(CC)Cc1ccc(-c2ccc(C3=NC=C(Br)C(=N)C3=N)s2)s1.CCCCC(CC)Cc1ccc(-c2cccs2)s1.N=C1C(=N)C(Br)=NC=C1Br.S.S. The Morgan fingerprint density at radius 3 is 1.53 bits per heavy atom. The van der Waals surface area contributed by atoms with E-state index in [1.54, 1.807) is 22.4 Å². The second-order valence-electron chi connectivity index (χ2n) is 13.3. The number of nitrogens with one attached hydrogen (secondary N) is 4. The van der Waals surface area contributed by atoms with Crippen LogP contribution >= 0.6 is 120 Å². The lowest BCUT2D eigenvalue weighted by Gasteiger charge is -2.12. The van der Waals surface area contributed by atoms with Gasteiger partial charge in [-0.05, 0) is 120 Å². The summed E-state index contributed by atoms with van der Waals surface area (Å²) in [7, 11) is 0. The Balaban J connectivity index is 0.000000322. The summed E-state index contributed by atoms with van der Waals surface area (Å²) in [5, 5.41) is 32.8. The van der Waals surface area contributed by atoms with Crippen LogP contribution in [0.25, 0.3) is 19.5 Å². The number of allylic oxidation sites excluding steroid dienone is 2. The first-order chi connectivity index (χ1) is 26.5. The van der Waals surface area contributed by atoms with Gasteiger partial charge < -0.3 is 0 Å². The molecule has 4 aromatic heterocycles. The monoisotopic (exact) mass is 1070 g/mol. The molecule has 0 saturated carbocycles. The molecule has 6 heterocycles. The standard InChI is InChI=1S/C21H24BrN3S2.C16H22S2.C5H3Br2N3.2H2S/c1-3-5-6-13(4-2)11-14-7-8-16(26-14)17-9-10-18(27-17)21-20(24)19(23)15(22)12-25-21;1-3-5-7-13(4-2)12-14-9-10-16(18-14)15-8-6-11-17-15;6-2-1-10-5(7)4(9)3(2)8;;/h7-10,12-13,23-24H,3-6,11H2,1-2H3;6,8-11,13H,3-5,7,12H2,1-2H3;1,8-9H;2*1H2. The van der Waals surface area contributed by atoms with Crippen LogP contribution in [0.2, 0.25) is 0 Å². The molecular formula is C42H53Br3N6S6. The van der Waals surface area contributed by atoms with E-state index >= 15 is 0 Å². The fourth-order valence-corrected chi connectivity index (χ4v) is 10.9. The van der Waals surface area contributed by atoms with Crippen molar-refractivity contribution < 1.29 is 0 Å². The summed E-state index contributed by atoms with van der Waals surface area (Å²) in [6, 6.07) is 17.6. The first-order valence-electron chi connectivity index (χ1n) is 18.7. The number of nitrogens with zero attached hydrogens (tertiary/aromatic N) is 2. The van der Waals surface area contributed by atoms with Crippen molar-refractivity contribution in [1.82, 2.24) is 0 Å². The van der Waals surface area contributed by atoms with E-state index in [0.29, 0.717) is 19.3 Å². The zero-order chi connectivity index (χ0) is 39.9. The Labute approximate surface area is 394 Å². The first kappa shape index (κ1) is 51.6. The number of halogens is 3. The van der Waals surface area contributed by atoms with Crippen LogP contribution in [0.4, 0.5) is 0 Å². The Morgan fingerprint density at radius 1 is 0.561 bits per heavy atom. The van der Waals surface area contributed by atoms with Gasteiger partial charge in [-0.25, -0.2) is 4.99 Å². The molecule has 2 unspecified atom stereocenters. The number of thiophene rings is 4. The lowest BCUT2D eigenvalue weighted by atomic mass is 9.95. The van der Waals surface area contributed by atoms with Gasteiger partial charge in [-0.2, -0.15) is 27.0 Å². The molecule has 6 rings (SSSR count). The summed E-state index contributed by atoms with van der Waals surface area (Å²) in [6.07, 6.45) is 16.1. The van der Waals surface area contributed by atoms with E-state index in [1.807, 2.05) is 40.1 Å². The molecule has 0 amide bonds. The quantitative estimate of drug-likeness (QED) is 0.0907. The lowest BCUT2D eigenvalue weighted by molar-refractivity contribution is 0.452. The van der Waals surface area contributed by atoms with Gasteiger partial charge in [0.15, 0.2) is 0 Å². The average Bonchev–Trinajstić information content (AvgIpc) is 4.04. The fourth-order valence-electron chi connectivity index (χ4n) is 5.85. The molecule has 57 heavy (non-hydrogen) atoms. The molecule has 2 atom stereocenters. The van der Waals surface area contributed by atoms with E-state index in [-0.39, 0.29) is 49.8 Å². The van der Waals surface area contributed by atoms with Crippen molar-refractivity contribution in [1.29, 1.82) is 21.6 Å². The molecule has 0 aliphatic carbocycles. The third kappa shape index (κ3) is 15.4. The molecular weight excluding hydrogens is 1020 g/mol. The summed E-state index contributed by atoms with van der Waals surface area (Å²) in [4.78, 5) is 17.5. The van der Waals surface area contributed by atoms with Gasteiger partial charge in [-0.1, -0.05) is 85.1 Å². The van der Waals surface area contributed by atoms with E-state index < -0.39 is 0 Å². The van der Waals surface area contributed by atoms with Crippen molar-refractivity contribution in [2.24, 2.45) is 21.8 Å². The summed E-state index contributed by atoms with van der Waals surface area (Å²) >= 11 is 16.7. The molecule has 2 aliphatic heterocycles. The zero-order valence-corrected chi connectivity index (χ0v) is 42.8. The Bertz CT molecular complexity index is 2020. The highest BCUT2D eigenvalue weighted by molar-refractivity contribution is 9.19. The maximum absolute atomic E-state index is 8.17. The molecule has 0 bridgehead atoms. The number of unbranched alkanes of at least 4 members (excludes halogenated alkanes) is 2. The third-order valence-electron chi connectivity index (χ3n) is 9.25. The van der Waals surface area contributed by atoms with Crippen molar-refractivity contribution in [3.63, 3.8) is 0 Å². The summed E-state index contributed by atoms with van der Waals surface area (Å²) in [5.74, 6) is 1.66. The van der Waals surface area contributed by atoms with Crippen LogP contribution in [0.15, 0.2) is 85.3 Å². The fraction of sp³-hybridized carbons (Fsp3) is 0.381. The first-order valence-corrected chi connectivity index (χ1v) is 24.4. The van der Waals surface area contributed by atoms with Crippen LogP contribution in [0, 0.1) is 33.5 Å². The van der Waals surface area contributed by atoms with Gasteiger partial charge in [0, 0.05) is 41.7 Å². The van der Waals surface area contributed by atoms with Crippen molar-refractivity contribution in [2.75, 3.05) is 0 Å². The number of hydrogen-bond donors (Lipinski definition) is 4. The van der Waals surface area contributed by atoms with Crippen molar-refractivity contribution in [2.45, 2.75) is 91.9 Å². The maximum atomic E-state index is 8.17. The van der Waals surface area contributed by atoms with Gasteiger partial charge >= 0.3 is 0 Å². The second-order valence-corrected chi connectivity index (χ2v) is 20.1. The normalized spacial score (nSPS) is 14.7. The van der Waals surface area contributed by atoms with Gasteiger partial charge in [0.1, 0.15) is 21.8 Å². The smallest absolute Gasteiger partial charge is 0.133 e. The minimum Gasteiger partial charge on any atom is -0.297 e. The van der Waals surface area contributed by atoms with E-state index in [1.165, 1.54) is 94.8 Å². The van der Waals surface area contributed by atoms with Gasteiger partial charge in [0.25, 0.3) is 0 Å². The molecule has 2 aliphatic rings. The largest absolute Gasteiger partial charge is 0.297 e. The Morgan fingerprint density at radius 2 is 1.04 bits per heavy atom. The molecule has 6 nitrogen and oxygen atoms in total. The number of hydrogen-bond acceptors (Lipinski definition) is 10. The molecule has 0 aromatic carbocycles. The van der Waals surface area contributed by atoms with Gasteiger partial charge in [-0.3, -0.25) is 26.6 Å². The van der Waals surface area contributed by atoms with E-state index in [0.717, 1.165) is 16.7 Å². The predicted octanol–water partition coefficient (Wildman–Crippen LogP) is 15.8. The Kier molecular flexibility index (Phi) is 24.1. The van der Waals surface area contributed by atoms with Crippen LogP contribution in [0.3, 0.4) is 0 Å². The highest BCUT2D eigenvalue weighted by Gasteiger charge is 2.22. The molecule has 0 saturated heterocycles. The molecule has 308 valence electrons. The molecule has 0 fully saturated rings. The van der Waals surface area contributed by atoms with Gasteiger partial charge in [0.2, 0.25) is 0 Å². The van der Waals surface area contributed by atoms with Crippen LogP contribution in [0.1, 0.15) is 93.7 Å². The zero-order valence-electron chi connectivity index (χ0n) is 32.7. The molecule has 15 heteroatoms. The van der Waals surface area contributed by atoms with Gasteiger partial charge in [0.05, 0.1) is 25.3 Å². The predicted molar refractivity (Wildman–Crippen MR) is 278 cm³/mol. The van der Waals surface area contributed by atoms with Crippen molar-refractivity contribution in [3.05, 3.63) is 89.9 Å². The Hall–Kier alpha value is -1.56. The van der Waals surface area contributed by atoms with Crippen LogP contribution in [-0.4, -0.2) is 33.2 Å². The summed E-state index contributed by atoms with van der Waals surface area (Å²) in [5.41, 5.74) is 1.20. The molecule has 4 aromatic rings. The topological polar surface area (TPSA) is 120 Å². The lowest BCUT2D eigenvalue weighted by Crippen LogP contribution is -2.25. The highest BCUT2D eigenvalue weighted by Crippen LogP contribution is 2.36. The molecule has 0 spiro atoms. The van der Waals surface area contributed by atoms with E-state index in [9.17, 15) is 0 Å². The molecule has 4 N–H and O–H groups in total. The minimum atomic E-state index is 0. The van der Waals surface area contributed by atoms with Crippen LogP contribution in [0.5, 0.6) is 0 Å². The van der Waals surface area contributed by atoms with E-state index in [4.69, 9.17) is 21.6 Å². The van der Waals surface area contributed by atoms with Crippen LogP contribution < -0.4 is 0 Å². The van der Waals surface area contributed by atoms with E-state index in [2.05, 4.69) is 133 Å². The van der Waals surface area contributed by atoms with Crippen LogP contribution in [-0.2, 0) is 12.8 Å². The van der Waals surface area contributed by atoms with Crippen molar-refractivity contribution in [3.8, 4) is 19.5 Å². The maximum Gasteiger partial charge on any atom is 0.133 e. The summed E-state index contributed by atoms with van der Waals surface area (Å²) < 4.78 is 1.51. The second kappa shape index (κ2) is 26.6. The molecule has 0 radical (unpaired) electrons. The number of rotatable bonds is 15. The third-order valence-corrected chi connectivity index (χ3v) is 15.6. The summed E-state index contributed by atoms with van der Waals surface area (Å²) in [6.45, 7) is 9.17.